The van der Waals surface area contributed by atoms with Crippen LogP contribution >= 0.6 is 0 Å². The number of fused-ring (bicyclic) bond motifs is 5. The van der Waals surface area contributed by atoms with E-state index in [0.717, 1.165) is 40.5 Å². The number of benzene rings is 1. The molecule has 170 valence electrons. The van der Waals surface area contributed by atoms with Gasteiger partial charge in [0, 0.05) is 23.1 Å². The van der Waals surface area contributed by atoms with Crippen molar-refractivity contribution in [1.82, 2.24) is 14.9 Å². The zero-order chi connectivity index (χ0) is 23.2. The van der Waals surface area contributed by atoms with Gasteiger partial charge in [0.1, 0.15) is 12.4 Å². The summed E-state index contributed by atoms with van der Waals surface area (Å²) in [5.74, 6) is -0.556. The van der Waals surface area contributed by atoms with Crippen molar-refractivity contribution in [2.75, 3.05) is 7.05 Å². The Morgan fingerprint density at radius 3 is 2.79 bits per heavy atom. The summed E-state index contributed by atoms with van der Waals surface area (Å²) in [6.07, 6.45) is 2.17. The Labute approximate surface area is 190 Å². The van der Waals surface area contributed by atoms with Crippen LogP contribution in [0.1, 0.15) is 66.1 Å². The molecular weight excluding hydrogens is 421 g/mol. The van der Waals surface area contributed by atoms with Gasteiger partial charge in [-0.3, -0.25) is 9.59 Å². The maximum atomic E-state index is 14.8. The van der Waals surface area contributed by atoms with Crippen LogP contribution in [-0.2, 0) is 34.5 Å². The van der Waals surface area contributed by atoms with Crippen molar-refractivity contribution >= 4 is 16.9 Å². The quantitative estimate of drug-likeness (QED) is 0.473. The number of ether oxygens (including phenoxy) is 1. The number of nitrogens with one attached hydrogen (secondary N) is 1. The Morgan fingerprint density at radius 2 is 2.06 bits per heavy atom. The van der Waals surface area contributed by atoms with E-state index in [1.807, 2.05) is 33.9 Å². The van der Waals surface area contributed by atoms with E-state index in [2.05, 4.69) is 5.32 Å². The highest BCUT2D eigenvalue weighted by molar-refractivity contribution is 5.93. The van der Waals surface area contributed by atoms with Crippen LogP contribution < -0.4 is 10.9 Å². The fourth-order valence-corrected chi connectivity index (χ4v) is 6.01. The van der Waals surface area contributed by atoms with E-state index >= 15 is 0 Å². The van der Waals surface area contributed by atoms with Crippen LogP contribution in [0.3, 0.4) is 0 Å². The number of cyclic esters (lactones) is 1. The molecule has 1 N–H and O–H groups in total. The number of hydrogen-bond donors (Lipinski definition) is 1. The van der Waals surface area contributed by atoms with E-state index < -0.39 is 5.41 Å². The summed E-state index contributed by atoms with van der Waals surface area (Å²) in [6, 6.07) is 3.57. The predicted octanol–water partition coefficient (Wildman–Crippen LogP) is 3.80. The SMILES string of the molecule is CCC1(C)C(=O)OCc2c1cc1n(c2=O)Cc2c-1nc1cc(F)c(C)c3c1c2C(NC)CC3. The van der Waals surface area contributed by atoms with Gasteiger partial charge >= 0.3 is 5.97 Å². The zero-order valence-electron chi connectivity index (χ0n) is 19.3. The standard InChI is InChI=1S/C26H26FN3O3/c1-5-26(3)16-8-20-23-14(10-30(20)24(31)15(16)11-33-25(26)32)22-18(28-4)7-6-13-12(2)17(27)9-19(29-23)21(13)22/h8-9,18,28H,5-7,10-11H2,1-4H3. The molecule has 4 heterocycles. The number of hydrogen-bond acceptors (Lipinski definition) is 5. The predicted molar refractivity (Wildman–Crippen MR) is 123 cm³/mol. The average Bonchev–Trinajstić information content (AvgIpc) is 3.18. The number of nitrogens with zero attached hydrogens (tertiary/aromatic N) is 2. The molecule has 3 aromatic rings. The van der Waals surface area contributed by atoms with E-state index in [9.17, 15) is 14.0 Å². The highest BCUT2D eigenvalue weighted by atomic mass is 19.1. The fourth-order valence-electron chi connectivity index (χ4n) is 6.01. The van der Waals surface area contributed by atoms with Crippen LogP contribution in [-0.4, -0.2) is 22.6 Å². The summed E-state index contributed by atoms with van der Waals surface area (Å²) in [4.78, 5) is 31.1. The molecule has 2 aromatic heterocycles. The van der Waals surface area contributed by atoms with E-state index in [-0.39, 0.29) is 30.0 Å². The molecule has 0 saturated heterocycles. The minimum atomic E-state index is -0.875. The van der Waals surface area contributed by atoms with Gasteiger partial charge in [0.05, 0.1) is 34.4 Å². The number of esters is 1. The second-order valence-corrected chi connectivity index (χ2v) is 9.66. The van der Waals surface area contributed by atoms with Gasteiger partial charge in [-0.1, -0.05) is 6.92 Å². The lowest BCUT2D eigenvalue weighted by molar-refractivity contribution is -0.153. The highest BCUT2D eigenvalue weighted by Gasteiger charge is 2.43. The Hall–Kier alpha value is -3.06. The average molecular weight is 448 g/mol. The summed E-state index contributed by atoms with van der Waals surface area (Å²) in [7, 11) is 1.94. The summed E-state index contributed by atoms with van der Waals surface area (Å²) >= 11 is 0. The molecule has 6 rings (SSSR count). The first-order valence-electron chi connectivity index (χ1n) is 11.6. The van der Waals surface area contributed by atoms with Crippen molar-refractivity contribution in [1.29, 1.82) is 0 Å². The number of aryl methyl sites for hydroxylation is 1. The van der Waals surface area contributed by atoms with Gasteiger partial charge in [0.15, 0.2) is 0 Å². The van der Waals surface area contributed by atoms with E-state index in [1.54, 1.807) is 4.57 Å². The third-order valence-electron chi connectivity index (χ3n) is 8.18. The van der Waals surface area contributed by atoms with E-state index in [1.165, 1.54) is 6.07 Å². The van der Waals surface area contributed by atoms with Crippen molar-refractivity contribution in [2.24, 2.45) is 0 Å². The first-order valence-corrected chi connectivity index (χ1v) is 11.6. The second kappa shape index (κ2) is 6.73. The lowest BCUT2D eigenvalue weighted by atomic mass is 9.76. The van der Waals surface area contributed by atoms with E-state index in [0.29, 0.717) is 41.0 Å². The number of carbonyl (C=O) groups excluding carboxylic acids is 1. The number of pyridine rings is 2. The molecule has 7 heteroatoms. The Morgan fingerprint density at radius 1 is 1.27 bits per heavy atom. The van der Waals surface area contributed by atoms with Crippen LogP contribution in [0.4, 0.5) is 4.39 Å². The summed E-state index contributed by atoms with van der Waals surface area (Å²) in [5, 5.41) is 4.43. The number of aromatic nitrogens is 2. The lowest BCUT2D eigenvalue weighted by Crippen LogP contribution is -2.42. The smallest absolute Gasteiger partial charge is 0.316 e. The Balaban J connectivity index is 1.70. The van der Waals surface area contributed by atoms with Gasteiger partial charge in [0.2, 0.25) is 0 Å². The Bertz CT molecular complexity index is 1460. The summed E-state index contributed by atoms with van der Waals surface area (Å²) in [5.41, 5.74) is 6.12. The fraction of sp³-hybridized carbons (Fsp3) is 0.423. The first-order chi connectivity index (χ1) is 15.8. The maximum Gasteiger partial charge on any atom is 0.316 e. The van der Waals surface area contributed by atoms with Crippen LogP contribution in [0, 0.1) is 12.7 Å². The Kier molecular flexibility index (Phi) is 4.19. The van der Waals surface area contributed by atoms with Gasteiger partial charge in [0.25, 0.3) is 5.56 Å². The van der Waals surface area contributed by atoms with Crippen molar-refractivity contribution in [3.63, 3.8) is 0 Å². The van der Waals surface area contributed by atoms with Gasteiger partial charge in [-0.15, -0.1) is 0 Å². The van der Waals surface area contributed by atoms with Crippen molar-refractivity contribution in [3.05, 3.63) is 61.7 Å². The largest absolute Gasteiger partial charge is 0.460 e. The molecule has 2 unspecified atom stereocenters. The third-order valence-corrected chi connectivity index (χ3v) is 8.18. The molecule has 2 atom stereocenters. The molecule has 6 nitrogen and oxygen atoms in total. The first kappa shape index (κ1) is 20.5. The third kappa shape index (κ3) is 2.48. The van der Waals surface area contributed by atoms with Gasteiger partial charge in [-0.2, -0.15) is 0 Å². The molecule has 0 saturated carbocycles. The lowest BCUT2D eigenvalue weighted by Gasteiger charge is -2.33. The summed E-state index contributed by atoms with van der Waals surface area (Å²) < 4.78 is 21.9. The van der Waals surface area contributed by atoms with Gasteiger partial charge < -0.3 is 14.6 Å². The summed E-state index contributed by atoms with van der Waals surface area (Å²) in [6.45, 7) is 6.00. The maximum absolute atomic E-state index is 14.8. The monoisotopic (exact) mass is 447 g/mol. The molecule has 2 aliphatic heterocycles. The van der Waals surface area contributed by atoms with Gasteiger partial charge in [-0.25, -0.2) is 9.37 Å². The molecule has 3 aliphatic rings. The highest BCUT2D eigenvalue weighted by Crippen LogP contribution is 2.45. The molecule has 0 fully saturated rings. The molecule has 1 aromatic carbocycles. The van der Waals surface area contributed by atoms with Crippen LogP contribution in [0.15, 0.2) is 16.9 Å². The van der Waals surface area contributed by atoms with Gasteiger partial charge in [-0.05, 0) is 68.5 Å². The van der Waals surface area contributed by atoms with Crippen molar-refractivity contribution in [2.45, 2.75) is 64.6 Å². The molecule has 0 radical (unpaired) electrons. The van der Waals surface area contributed by atoms with Crippen molar-refractivity contribution in [3.8, 4) is 11.4 Å². The number of carbonyl (C=O) groups is 1. The van der Waals surface area contributed by atoms with E-state index in [4.69, 9.17) is 9.72 Å². The molecule has 0 spiro atoms. The molecule has 1 aliphatic carbocycles. The van der Waals surface area contributed by atoms with Crippen LogP contribution in [0.2, 0.25) is 0 Å². The van der Waals surface area contributed by atoms with Crippen LogP contribution in [0.25, 0.3) is 22.3 Å². The normalized spacial score (nSPS) is 22.7. The van der Waals surface area contributed by atoms with Crippen molar-refractivity contribution < 1.29 is 13.9 Å². The number of halogens is 1. The molecular formula is C26H26FN3O3. The second-order valence-electron chi connectivity index (χ2n) is 9.66. The van der Waals surface area contributed by atoms with Crippen LogP contribution in [0.5, 0.6) is 0 Å². The molecule has 0 bridgehead atoms. The topological polar surface area (TPSA) is 73.2 Å². The molecule has 33 heavy (non-hydrogen) atoms. The minimum absolute atomic E-state index is 0.00479. The number of rotatable bonds is 2. The zero-order valence-corrected chi connectivity index (χ0v) is 19.3. The minimum Gasteiger partial charge on any atom is -0.460 e. The molecule has 0 amide bonds.